The smallest absolute Gasteiger partial charge is 0.0774 e. The number of rotatable bonds is 3. The summed E-state index contributed by atoms with van der Waals surface area (Å²) in [5.74, 6) is 0.791. The third-order valence-corrected chi connectivity index (χ3v) is 9.12. The normalized spacial score (nSPS) is 50.2. The van der Waals surface area contributed by atoms with Gasteiger partial charge in [-0.2, -0.15) is 0 Å². The van der Waals surface area contributed by atoms with Crippen LogP contribution in [0.5, 0.6) is 0 Å². The van der Waals surface area contributed by atoms with E-state index >= 15 is 0 Å². The lowest BCUT2D eigenvalue weighted by Crippen LogP contribution is -2.52. The number of aliphatic hydroxyl groups excluding tert-OH is 1. The summed E-state index contributed by atoms with van der Waals surface area (Å²) in [6, 6.07) is 0. The summed E-state index contributed by atoms with van der Waals surface area (Å²) in [6.45, 7) is 12.2. The minimum Gasteiger partial charge on any atom is -0.392 e. The van der Waals surface area contributed by atoms with Gasteiger partial charge in [0.1, 0.15) is 0 Å². The molecule has 3 nitrogen and oxygen atoms in total. The van der Waals surface area contributed by atoms with Crippen LogP contribution in [0.1, 0.15) is 78.1 Å². The predicted molar refractivity (Wildman–Crippen MR) is 106 cm³/mol. The van der Waals surface area contributed by atoms with Crippen molar-refractivity contribution in [2.24, 2.45) is 22.7 Å². The number of β-amino-alcohol motifs (C(OH)–C–C–N with tert-alkyl or cyclic N) is 1. The van der Waals surface area contributed by atoms with Crippen LogP contribution < -0.4 is 0 Å². The molecule has 4 unspecified atom stereocenters. The Kier molecular flexibility index (Phi) is 4.81. The molecule has 0 radical (unpaired) electrons. The Hall–Kier alpha value is -0.380. The number of likely N-dealkylation sites (tertiary alicyclic amines) is 1. The minimum atomic E-state index is -0.500. The predicted octanol–water partition coefficient (Wildman–Crippen LogP) is 4.14. The molecule has 4 atom stereocenters. The van der Waals surface area contributed by atoms with Crippen LogP contribution in [-0.2, 0) is 0 Å². The van der Waals surface area contributed by atoms with E-state index in [2.05, 4.69) is 25.3 Å². The highest BCUT2D eigenvalue weighted by molar-refractivity contribution is 5.21. The van der Waals surface area contributed by atoms with E-state index in [4.69, 9.17) is 0 Å². The zero-order valence-electron chi connectivity index (χ0n) is 17.0. The van der Waals surface area contributed by atoms with Crippen molar-refractivity contribution < 1.29 is 10.2 Å². The van der Waals surface area contributed by atoms with Crippen LogP contribution in [0.25, 0.3) is 0 Å². The SMILES string of the molecule is C=C1CCC2C(O)C(C3(C)CCC(O)(CN4CCCC4)CC3)CCC12C. The third kappa shape index (κ3) is 3.08. The Morgan fingerprint density at radius 2 is 1.65 bits per heavy atom. The molecule has 26 heavy (non-hydrogen) atoms. The molecule has 0 aromatic carbocycles. The van der Waals surface area contributed by atoms with Crippen LogP contribution in [0.2, 0.25) is 0 Å². The molecule has 3 saturated carbocycles. The van der Waals surface area contributed by atoms with Crippen molar-refractivity contribution in [3.8, 4) is 0 Å². The average Bonchev–Trinajstić information content (AvgIpc) is 3.20. The van der Waals surface area contributed by atoms with E-state index in [1.165, 1.54) is 24.8 Å². The van der Waals surface area contributed by atoms with E-state index in [1.54, 1.807) is 0 Å². The van der Waals surface area contributed by atoms with Gasteiger partial charge in [-0.3, -0.25) is 0 Å². The molecule has 0 bridgehead atoms. The zero-order chi connectivity index (χ0) is 18.6. The Balaban J connectivity index is 1.41. The molecule has 4 fully saturated rings. The molecule has 0 aromatic rings. The molecule has 1 heterocycles. The van der Waals surface area contributed by atoms with Crippen LogP contribution in [0.4, 0.5) is 0 Å². The van der Waals surface area contributed by atoms with Gasteiger partial charge in [0.25, 0.3) is 0 Å². The molecular weight excluding hydrogens is 322 g/mol. The van der Waals surface area contributed by atoms with Crippen molar-refractivity contribution in [1.29, 1.82) is 0 Å². The second-order valence-electron chi connectivity index (χ2n) is 10.7. The Labute approximate surface area is 159 Å². The molecular formula is C23H39NO2. The molecule has 3 heteroatoms. The van der Waals surface area contributed by atoms with Crippen molar-refractivity contribution >= 4 is 0 Å². The quantitative estimate of drug-likeness (QED) is 0.743. The lowest BCUT2D eigenvalue weighted by Gasteiger charge is -2.54. The first-order chi connectivity index (χ1) is 12.3. The van der Waals surface area contributed by atoms with Gasteiger partial charge in [0, 0.05) is 6.54 Å². The van der Waals surface area contributed by atoms with Crippen molar-refractivity contribution in [3.63, 3.8) is 0 Å². The van der Waals surface area contributed by atoms with Gasteiger partial charge < -0.3 is 15.1 Å². The fourth-order valence-electron chi connectivity index (χ4n) is 6.95. The van der Waals surface area contributed by atoms with Crippen LogP contribution in [-0.4, -0.2) is 46.5 Å². The fraction of sp³-hybridized carbons (Fsp3) is 0.913. The standard InChI is InChI=1S/C23H39NO2/c1-17-6-7-19-20(25)18(8-9-22(17,19)3)21(2)10-12-23(26,13-11-21)16-24-14-4-5-15-24/h18-20,25-26H,1,4-16H2,2-3H3. The van der Waals surface area contributed by atoms with Gasteiger partial charge in [0.05, 0.1) is 11.7 Å². The first-order valence-corrected chi connectivity index (χ1v) is 11.1. The average molecular weight is 362 g/mol. The van der Waals surface area contributed by atoms with E-state index in [0.717, 1.165) is 64.6 Å². The third-order valence-electron chi connectivity index (χ3n) is 9.12. The van der Waals surface area contributed by atoms with Crippen LogP contribution >= 0.6 is 0 Å². The van der Waals surface area contributed by atoms with Crippen LogP contribution in [0.3, 0.4) is 0 Å². The molecule has 4 aliphatic rings. The Bertz CT molecular complexity index is 544. The van der Waals surface area contributed by atoms with Gasteiger partial charge in [0.2, 0.25) is 0 Å². The van der Waals surface area contributed by atoms with E-state index in [-0.39, 0.29) is 16.9 Å². The lowest BCUT2D eigenvalue weighted by molar-refractivity contribution is -0.116. The summed E-state index contributed by atoms with van der Waals surface area (Å²) in [6.07, 6.45) is 10.8. The van der Waals surface area contributed by atoms with Gasteiger partial charge in [0.15, 0.2) is 0 Å². The van der Waals surface area contributed by atoms with E-state index in [1.807, 2.05) is 0 Å². The van der Waals surface area contributed by atoms with Gasteiger partial charge in [-0.05, 0) is 100.0 Å². The first kappa shape index (κ1) is 19.0. The highest BCUT2D eigenvalue weighted by atomic mass is 16.3. The maximum Gasteiger partial charge on any atom is 0.0774 e. The molecule has 2 N–H and O–H groups in total. The minimum absolute atomic E-state index is 0.164. The maximum absolute atomic E-state index is 11.3. The van der Waals surface area contributed by atoms with Crippen LogP contribution in [0, 0.1) is 22.7 Å². The molecule has 1 aliphatic heterocycles. The van der Waals surface area contributed by atoms with E-state index in [9.17, 15) is 10.2 Å². The Morgan fingerprint density at radius 3 is 2.31 bits per heavy atom. The molecule has 0 spiro atoms. The zero-order valence-corrected chi connectivity index (χ0v) is 17.0. The summed E-state index contributed by atoms with van der Waals surface area (Å²) in [5.41, 5.74) is 1.22. The summed E-state index contributed by atoms with van der Waals surface area (Å²) in [4.78, 5) is 2.45. The van der Waals surface area contributed by atoms with Gasteiger partial charge in [-0.1, -0.05) is 26.0 Å². The van der Waals surface area contributed by atoms with Crippen molar-refractivity contribution in [3.05, 3.63) is 12.2 Å². The number of hydrogen-bond donors (Lipinski definition) is 2. The molecule has 0 aromatic heterocycles. The topological polar surface area (TPSA) is 43.7 Å². The summed E-state index contributed by atoms with van der Waals surface area (Å²) in [5, 5.41) is 22.4. The summed E-state index contributed by atoms with van der Waals surface area (Å²) >= 11 is 0. The highest BCUT2D eigenvalue weighted by Crippen LogP contribution is 2.60. The number of allylic oxidation sites excluding steroid dienone is 1. The number of fused-ring (bicyclic) bond motifs is 1. The van der Waals surface area contributed by atoms with E-state index in [0.29, 0.717) is 11.8 Å². The van der Waals surface area contributed by atoms with Gasteiger partial charge in [-0.15, -0.1) is 0 Å². The lowest BCUT2D eigenvalue weighted by atomic mass is 9.54. The number of hydrogen-bond acceptors (Lipinski definition) is 3. The summed E-state index contributed by atoms with van der Waals surface area (Å²) in [7, 11) is 0. The molecule has 1 saturated heterocycles. The molecule has 3 aliphatic carbocycles. The highest BCUT2D eigenvalue weighted by Gasteiger charge is 2.55. The monoisotopic (exact) mass is 361 g/mol. The summed E-state index contributed by atoms with van der Waals surface area (Å²) < 4.78 is 0. The maximum atomic E-state index is 11.3. The van der Waals surface area contributed by atoms with E-state index < -0.39 is 5.60 Å². The fourth-order valence-corrected chi connectivity index (χ4v) is 6.95. The Morgan fingerprint density at radius 1 is 1.00 bits per heavy atom. The van der Waals surface area contributed by atoms with Crippen molar-refractivity contribution in [2.75, 3.05) is 19.6 Å². The number of nitrogens with zero attached hydrogens (tertiary/aromatic N) is 1. The molecule has 0 amide bonds. The van der Waals surface area contributed by atoms with Gasteiger partial charge >= 0.3 is 0 Å². The van der Waals surface area contributed by atoms with Crippen LogP contribution in [0.15, 0.2) is 12.2 Å². The molecule has 148 valence electrons. The number of aliphatic hydroxyl groups is 2. The molecule has 4 rings (SSSR count). The second kappa shape index (κ2) is 6.60. The van der Waals surface area contributed by atoms with Gasteiger partial charge in [-0.25, -0.2) is 0 Å². The first-order valence-electron chi connectivity index (χ1n) is 11.1. The van der Waals surface area contributed by atoms with Crippen molar-refractivity contribution in [2.45, 2.75) is 89.8 Å². The second-order valence-corrected chi connectivity index (χ2v) is 10.7. The largest absolute Gasteiger partial charge is 0.392 e. The van der Waals surface area contributed by atoms with Crippen molar-refractivity contribution in [1.82, 2.24) is 4.90 Å².